The SMILES string of the molecule is CC1CCC2(CC1)NC(=O)N(CC(=O)N1CCC(C(=O)c3cc(F)ccc3F)CC1)C2=O. The third kappa shape index (κ3) is 4.12. The topological polar surface area (TPSA) is 86.8 Å². The predicted octanol–water partition coefficient (Wildman–Crippen LogP) is 2.89. The van der Waals surface area contributed by atoms with Crippen LogP contribution in [-0.4, -0.2) is 58.6 Å². The zero-order valence-corrected chi connectivity index (χ0v) is 18.0. The molecule has 1 spiro atoms. The monoisotopic (exact) mass is 447 g/mol. The van der Waals surface area contributed by atoms with Gasteiger partial charge in [-0.25, -0.2) is 13.6 Å². The zero-order chi connectivity index (χ0) is 23.0. The van der Waals surface area contributed by atoms with Crippen molar-refractivity contribution in [3.63, 3.8) is 0 Å². The predicted molar refractivity (Wildman–Crippen MR) is 111 cm³/mol. The Morgan fingerprint density at radius 3 is 2.41 bits per heavy atom. The second kappa shape index (κ2) is 8.60. The van der Waals surface area contributed by atoms with E-state index in [1.807, 2.05) is 0 Å². The molecule has 7 nitrogen and oxygen atoms in total. The first kappa shape index (κ1) is 22.4. The lowest BCUT2D eigenvalue weighted by molar-refractivity contribution is -0.140. The number of carbonyl (C=O) groups excluding carboxylic acids is 4. The summed E-state index contributed by atoms with van der Waals surface area (Å²) in [4.78, 5) is 53.2. The molecule has 1 aromatic carbocycles. The number of carbonyl (C=O) groups is 4. The molecule has 9 heteroatoms. The van der Waals surface area contributed by atoms with Gasteiger partial charge < -0.3 is 10.2 Å². The molecule has 3 aliphatic rings. The molecule has 0 atom stereocenters. The molecule has 2 heterocycles. The molecule has 32 heavy (non-hydrogen) atoms. The molecule has 1 saturated carbocycles. The van der Waals surface area contributed by atoms with Crippen LogP contribution < -0.4 is 5.32 Å². The van der Waals surface area contributed by atoms with Gasteiger partial charge in [-0.2, -0.15) is 0 Å². The third-order valence-corrected chi connectivity index (χ3v) is 7.08. The van der Waals surface area contributed by atoms with E-state index in [4.69, 9.17) is 0 Å². The molecule has 0 unspecified atom stereocenters. The molecule has 4 rings (SSSR count). The van der Waals surface area contributed by atoms with E-state index in [0.29, 0.717) is 31.6 Å². The van der Waals surface area contributed by atoms with Crippen LogP contribution in [0.15, 0.2) is 18.2 Å². The number of hydrogen-bond acceptors (Lipinski definition) is 4. The van der Waals surface area contributed by atoms with Gasteiger partial charge in [0, 0.05) is 19.0 Å². The first-order chi connectivity index (χ1) is 15.2. The number of halogens is 2. The van der Waals surface area contributed by atoms with Crippen LogP contribution in [0.2, 0.25) is 0 Å². The van der Waals surface area contributed by atoms with E-state index in [-0.39, 0.29) is 37.0 Å². The highest BCUT2D eigenvalue weighted by Gasteiger charge is 2.52. The van der Waals surface area contributed by atoms with Crippen molar-refractivity contribution in [1.29, 1.82) is 0 Å². The van der Waals surface area contributed by atoms with Gasteiger partial charge in [0.15, 0.2) is 5.78 Å². The van der Waals surface area contributed by atoms with E-state index in [1.54, 1.807) is 0 Å². The molecular weight excluding hydrogens is 420 g/mol. The Balaban J connectivity index is 1.34. The van der Waals surface area contributed by atoms with Crippen molar-refractivity contribution in [2.75, 3.05) is 19.6 Å². The van der Waals surface area contributed by atoms with Gasteiger partial charge in [0.25, 0.3) is 5.91 Å². The minimum atomic E-state index is -0.891. The number of nitrogens with zero attached hydrogens (tertiary/aromatic N) is 2. The van der Waals surface area contributed by atoms with E-state index in [0.717, 1.165) is 35.9 Å². The van der Waals surface area contributed by atoms with Gasteiger partial charge in [-0.15, -0.1) is 0 Å². The lowest BCUT2D eigenvalue weighted by atomic mass is 9.77. The Morgan fingerprint density at radius 2 is 1.75 bits per heavy atom. The molecular formula is C23H27F2N3O4. The van der Waals surface area contributed by atoms with Gasteiger partial charge in [0.1, 0.15) is 23.7 Å². The molecule has 2 aliphatic heterocycles. The number of Topliss-reactive ketones (excluding diaryl/α,β-unsaturated/α-hetero) is 1. The summed E-state index contributed by atoms with van der Waals surface area (Å²) in [5, 5.41) is 2.80. The number of hydrogen-bond donors (Lipinski definition) is 1. The Hall–Kier alpha value is -2.84. The molecule has 0 radical (unpaired) electrons. The number of amides is 4. The van der Waals surface area contributed by atoms with Gasteiger partial charge in [-0.3, -0.25) is 19.3 Å². The standard InChI is InChI=1S/C23H27F2N3O4/c1-14-4-8-23(9-5-14)21(31)28(22(32)26-23)13-19(29)27-10-6-15(7-11-27)20(30)17-12-16(24)2-3-18(17)25/h2-3,12,14-15H,4-11,13H2,1H3,(H,26,32). The maximum Gasteiger partial charge on any atom is 0.325 e. The average Bonchev–Trinajstić information content (AvgIpc) is 3.01. The highest BCUT2D eigenvalue weighted by Crippen LogP contribution is 2.36. The van der Waals surface area contributed by atoms with Gasteiger partial charge in [0.2, 0.25) is 5.91 Å². The normalized spacial score (nSPS) is 26.5. The second-order valence-electron chi connectivity index (χ2n) is 9.23. The average molecular weight is 447 g/mol. The lowest BCUT2D eigenvalue weighted by Gasteiger charge is -2.34. The fourth-order valence-corrected chi connectivity index (χ4v) is 4.95. The van der Waals surface area contributed by atoms with E-state index < -0.39 is 34.9 Å². The van der Waals surface area contributed by atoms with Gasteiger partial charge >= 0.3 is 6.03 Å². The molecule has 0 aromatic heterocycles. The highest BCUT2D eigenvalue weighted by molar-refractivity contribution is 6.09. The van der Waals surface area contributed by atoms with Gasteiger partial charge in [-0.05, 0) is 62.6 Å². The molecule has 1 aliphatic carbocycles. The number of urea groups is 1. The summed E-state index contributed by atoms with van der Waals surface area (Å²) in [7, 11) is 0. The van der Waals surface area contributed by atoms with E-state index >= 15 is 0 Å². The van der Waals surface area contributed by atoms with E-state index in [2.05, 4.69) is 12.2 Å². The summed E-state index contributed by atoms with van der Waals surface area (Å²) in [6.45, 7) is 2.28. The van der Waals surface area contributed by atoms with Gasteiger partial charge in [0.05, 0.1) is 5.56 Å². The summed E-state index contributed by atoms with van der Waals surface area (Å²) in [6, 6.07) is 2.25. The summed E-state index contributed by atoms with van der Waals surface area (Å²) in [6.07, 6.45) is 3.47. The largest absolute Gasteiger partial charge is 0.341 e. The van der Waals surface area contributed by atoms with Crippen LogP contribution in [0.1, 0.15) is 55.8 Å². The Labute approximate surface area is 185 Å². The van der Waals surface area contributed by atoms with Crippen LogP contribution in [0, 0.1) is 23.5 Å². The molecule has 1 N–H and O–H groups in total. The van der Waals surface area contributed by atoms with Crippen LogP contribution in [0.4, 0.5) is 13.6 Å². The quantitative estimate of drug-likeness (QED) is 0.568. The van der Waals surface area contributed by atoms with Crippen molar-refractivity contribution >= 4 is 23.6 Å². The first-order valence-electron chi connectivity index (χ1n) is 11.1. The smallest absolute Gasteiger partial charge is 0.325 e. The van der Waals surface area contributed by atoms with Crippen molar-refractivity contribution in [3.8, 4) is 0 Å². The van der Waals surface area contributed by atoms with Crippen molar-refractivity contribution < 1.29 is 28.0 Å². The van der Waals surface area contributed by atoms with Crippen molar-refractivity contribution in [3.05, 3.63) is 35.4 Å². The van der Waals surface area contributed by atoms with Crippen LogP contribution in [0.5, 0.6) is 0 Å². The van der Waals surface area contributed by atoms with Crippen LogP contribution in [-0.2, 0) is 9.59 Å². The minimum absolute atomic E-state index is 0.248. The fraction of sp³-hybridized carbons (Fsp3) is 0.565. The molecule has 172 valence electrons. The Morgan fingerprint density at radius 1 is 1.09 bits per heavy atom. The molecule has 3 fully saturated rings. The molecule has 0 bridgehead atoms. The summed E-state index contributed by atoms with van der Waals surface area (Å²) in [5.41, 5.74) is -1.17. The summed E-state index contributed by atoms with van der Waals surface area (Å²) in [5.74, 6) is -2.63. The summed E-state index contributed by atoms with van der Waals surface area (Å²) < 4.78 is 27.3. The Kier molecular flexibility index (Phi) is 6.01. The maximum absolute atomic E-state index is 13.9. The number of piperidine rings is 1. The number of ketones is 1. The zero-order valence-electron chi connectivity index (χ0n) is 18.0. The molecule has 2 saturated heterocycles. The van der Waals surface area contributed by atoms with Crippen molar-refractivity contribution in [2.45, 2.75) is 51.0 Å². The molecule has 1 aromatic rings. The maximum atomic E-state index is 13.9. The fourth-order valence-electron chi connectivity index (χ4n) is 4.95. The molecule has 4 amide bonds. The number of likely N-dealkylation sites (tertiary alicyclic amines) is 1. The number of benzene rings is 1. The number of rotatable bonds is 4. The van der Waals surface area contributed by atoms with E-state index in [1.165, 1.54) is 4.90 Å². The van der Waals surface area contributed by atoms with Crippen LogP contribution in [0.3, 0.4) is 0 Å². The third-order valence-electron chi connectivity index (χ3n) is 7.08. The van der Waals surface area contributed by atoms with E-state index in [9.17, 15) is 28.0 Å². The first-order valence-corrected chi connectivity index (χ1v) is 11.1. The van der Waals surface area contributed by atoms with Crippen LogP contribution in [0.25, 0.3) is 0 Å². The van der Waals surface area contributed by atoms with Crippen molar-refractivity contribution in [1.82, 2.24) is 15.1 Å². The Bertz CT molecular complexity index is 951. The minimum Gasteiger partial charge on any atom is -0.341 e. The second-order valence-corrected chi connectivity index (χ2v) is 9.23. The number of nitrogens with one attached hydrogen (secondary N) is 1. The number of imide groups is 1. The van der Waals surface area contributed by atoms with Crippen LogP contribution >= 0.6 is 0 Å². The van der Waals surface area contributed by atoms with Crippen molar-refractivity contribution in [2.24, 2.45) is 11.8 Å². The summed E-state index contributed by atoms with van der Waals surface area (Å²) >= 11 is 0. The van der Waals surface area contributed by atoms with Gasteiger partial charge in [-0.1, -0.05) is 6.92 Å². The lowest BCUT2D eigenvalue weighted by Crippen LogP contribution is -2.50. The highest BCUT2D eigenvalue weighted by atomic mass is 19.1.